The molecule has 0 saturated heterocycles. The average Bonchev–Trinajstić information content (AvgIpc) is 2.77. The summed E-state index contributed by atoms with van der Waals surface area (Å²) in [6, 6.07) is 21.7. The highest BCUT2D eigenvalue weighted by atomic mass is 19.2. The van der Waals surface area contributed by atoms with Gasteiger partial charge in [0.2, 0.25) is 0 Å². The predicted molar refractivity (Wildman–Crippen MR) is 116 cm³/mol. The SMILES string of the molecule is CCCc1ccc(C#Cc2ccc(-c3ccc4c(F)c(F)c(F)cc4c3)cc2)cc1. The summed E-state index contributed by atoms with van der Waals surface area (Å²) in [6.45, 7) is 2.16. The highest BCUT2D eigenvalue weighted by Crippen LogP contribution is 2.28. The summed E-state index contributed by atoms with van der Waals surface area (Å²) in [4.78, 5) is 0. The zero-order valence-electron chi connectivity index (χ0n) is 16.5. The van der Waals surface area contributed by atoms with E-state index in [0.717, 1.165) is 41.2 Å². The zero-order chi connectivity index (χ0) is 21.1. The van der Waals surface area contributed by atoms with Crippen LogP contribution in [-0.2, 0) is 6.42 Å². The fourth-order valence-corrected chi connectivity index (χ4v) is 3.42. The van der Waals surface area contributed by atoms with Gasteiger partial charge in [0, 0.05) is 16.5 Å². The van der Waals surface area contributed by atoms with E-state index in [9.17, 15) is 13.2 Å². The van der Waals surface area contributed by atoms with Crippen LogP contribution in [0.5, 0.6) is 0 Å². The van der Waals surface area contributed by atoms with E-state index in [1.165, 1.54) is 11.6 Å². The van der Waals surface area contributed by atoms with Crippen molar-refractivity contribution in [3.63, 3.8) is 0 Å². The van der Waals surface area contributed by atoms with Crippen molar-refractivity contribution in [1.29, 1.82) is 0 Å². The molecule has 0 saturated carbocycles. The minimum atomic E-state index is -1.45. The summed E-state index contributed by atoms with van der Waals surface area (Å²) in [6.07, 6.45) is 2.19. The molecule has 4 aromatic rings. The van der Waals surface area contributed by atoms with Crippen molar-refractivity contribution in [2.75, 3.05) is 0 Å². The second-order valence-corrected chi connectivity index (χ2v) is 7.20. The summed E-state index contributed by atoms with van der Waals surface area (Å²) in [7, 11) is 0. The van der Waals surface area contributed by atoms with Crippen LogP contribution < -0.4 is 0 Å². The second kappa shape index (κ2) is 8.47. The van der Waals surface area contributed by atoms with E-state index in [2.05, 4.69) is 30.9 Å². The van der Waals surface area contributed by atoms with E-state index in [1.807, 2.05) is 36.4 Å². The molecule has 0 aliphatic carbocycles. The quantitative estimate of drug-likeness (QED) is 0.250. The van der Waals surface area contributed by atoms with Crippen molar-refractivity contribution in [3.8, 4) is 23.0 Å². The molecule has 30 heavy (non-hydrogen) atoms. The molecular weight excluding hydrogens is 381 g/mol. The van der Waals surface area contributed by atoms with E-state index < -0.39 is 17.5 Å². The second-order valence-electron chi connectivity index (χ2n) is 7.20. The van der Waals surface area contributed by atoms with Crippen LogP contribution in [0.25, 0.3) is 21.9 Å². The number of aryl methyl sites for hydroxylation is 1. The molecule has 0 unspecified atom stereocenters. The van der Waals surface area contributed by atoms with E-state index in [0.29, 0.717) is 5.39 Å². The van der Waals surface area contributed by atoms with Crippen LogP contribution in [0.2, 0.25) is 0 Å². The van der Waals surface area contributed by atoms with Crippen molar-refractivity contribution in [2.24, 2.45) is 0 Å². The van der Waals surface area contributed by atoms with Crippen LogP contribution in [0, 0.1) is 29.3 Å². The first-order valence-corrected chi connectivity index (χ1v) is 9.84. The van der Waals surface area contributed by atoms with E-state index >= 15 is 0 Å². The Bertz CT molecular complexity index is 1260. The lowest BCUT2D eigenvalue weighted by molar-refractivity contribution is 0.453. The monoisotopic (exact) mass is 400 g/mol. The van der Waals surface area contributed by atoms with Gasteiger partial charge in [-0.25, -0.2) is 13.2 Å². The lowest BCUT2D eigenvalue weighted by Gasteiger charge is -2.06. The Hall–Kier alpha value is -3.51. The predicted octanol–water partition coefficient (Wildman–Crippen LogP) is 7.28. The van der Waals surface area contributed by atoms with Gasteiger partial charge in [0.25, 0.3) is 0 Å². The number of rotatable bonds is 3. The highest BCUT2D eigenvalue weighted by Gasteiger charge is 2.13. The molecule has 0 aromatic heterocycles. The number of benzene rings is 4. The topological polar surface area (TPSA) is 0 Å². The van der Waals surface area contributed by atoms with Crippen molar-refractivity contribution in [2.45, 2.75) is 19.8 Å². The fraction of sp³-hybridized carbons (Fsp3) is 0.111. The molecule has 0 aliphatic heterocycles. The maximum absolute atomic E-state index is 13.9. The maximum atomic E-state index is 13.9. The van der Waals surface area contributed by atoms with Gasteiger partial charge in [-0.2, -0.15) is 0 Å². The Morgan fingerprint density at radius 3 is 1.90 bits per heavy atom. The molecule has 0 heterocycles. The van der Waals surface area contributed by atoms with Gasteiger partial charge in [0.05, 0.1) is 0 Å². The Labute approximate surface area is 174 Å². The number of fused-ring (bicyclic) bond motifs is 1. The van der Waals surface area contributed by atoms with Crippen LogP contribution in [-0.4, -0.2) is 0 Å². The average molecular weight is 400 g/mol. The van der Waals surface area contributed by atoms with Crippen molar-refractivity contribution in [3.05, 3.63) is 107 Å². The Balaban J connectivity index is 1.57. The van der Waals surface area contributed by atoms with E-state index in [4.69, 9.17) is 0 Å². The third-order valence-electron chi connectivity index (χ3n) is 5.03. The first kappa shape index (κ1) is 19.8. The van der Waals surface area contributed by atoms with Gasteiger partial charge in [0.15, 0.2) is 17.5 Å². The minimum absolute atomic E-state index is 0.0603. The molecule has 3 heteroatoms. The lowest BCUT2D eigenvalue weighted by Crippen LogP contribution is -1.92. The van der Waals surface area contributed by atoms with Gasteiger partial charge in [-0.3, -0.25) is 0 Å². The summed E-state index contributed by atoms with van der Waals surface area (Å²) in [5.41, 5.74) is 4.82. The molecule has 0 amide bonds. The molecule has 0 fully saturated rings. The summed E-state index contributed by atoms with van der Waals surface area (Å²) < 4.78 is 40.9. The fourth-order valence-electron chi connectivity index (χ4n) is 3.42. The van der Waals surface area contributed by atoms with Gasteiger partial charge >= 0.3 is 0 Å². The van der Waals surface area contributed by atoms with Crippen LogP contribution in [0.4, 0.5) is 13.2 Å². The zero-order valence-corrected chi connectivity index (χ0v) is 16.5. The third-order valence-corrected chi connectivity index (χ3v) is 5.03. The molecule has 0 bridgehead atoms. The van der Waals surface area contributed by atoms with E-state index in [-0.39, 0.29) is 5.39 Å². The molecule has 0 nitrogen and oxygen atoms in total. The summed E-state index contributed by atoms with van der Waals surface area (Å²) in [5, 5.41) is 0.379. The highest BCUT2D eigenvalue weighted by molar-refractivity contribution is 5.88. The largest absolute Gasteiger partial charge is 0.204 e. The molecule has 0 aliphatic rings. The molecule has 0 N–H and O–H groups in total. The third kappa shape index (κ3) is 4.09. The van der Waals surface area contributed by atoms with Crippen LogP contribution in [0.1, 0.15) is 30.0 Å². The van der Waals surface area contributed by atoms with Crippen molar-refractivity contribution in [1.82, 2.24) is 0 Å². The molecule has 0 radical (unpaired) electrons. The summed E-state index contributed by atoms with van der Waals surface area (Å²) >= 11 is 0. The van der Waals surface area contributed by atoms with Gasteiger partial charge in [-0.05, 0) is 64.9 Å². The van der Waals surface area contributed by atoms with Gasteiger partial charge < -0.3 is 0 Å². The standard InChI is InChI=1S/C27H19F3/c1-2-3-18-4-6-19(7-5-18)8-9-20-10-12-21(13-11-20)22-14-15-24-23(16-22)17-25(28)27(30)26(24)29/h4-7,10-17H,2-3H2,1H3. The Morgan fingerprint density at radius 2 is 1.27 bits per heavy atom. The van der Waals surface area contributed by atoms with Crippen LogP contribution in [0.3, 0.4) is 0 Å². The maximum Gasteiger partial charge on any atom is 0.195 e. The lowest BCUT2D eigenvalue weighted by atomic mass is 10.00. The van der Waals surface area contributed by atoms with Gasteiger partial charge in [-0.1, -0.05) is 61.6 Å². The number of hydrogen-bond acceptors (Lipinski definition) is 0. The summed E-state index contributed by atoms with van der Waals surface area (Å²) in [5.74, 6) is 2.52. The smallest absolute Gasteiger partial charge is 0.195 e. The van der Waals surface area contributed by atoms with Crippen molar-refractivity contribution < 1.29 is 13.2 Å². The molecule has 4 aromatic carbocycles. The van der Waals surface area contributed by atoms with E-state index in [1.54, 1.807) is 12.1 Å². The molecular formula is C27H19F3. The molecule has 148 valence electrons. The molecule has 4 rings (SSSR count). The van der Waals surface area contributed by atoms with Gasteiger partial charge in [-0.15, -0.1) is 0 Å². The first-order chi connectivity index (χ1) is 14.5. The van der Waals surface area contributed by atoms with Crippen molar-refractivity contribution >= 4 is 10.8 Å². The Morgan fingerprint density at radius 1 is 0.667 bits per heavy atom. The molecule has 0 atom stereocenters. The van der Waals surface area contributed by atoms with Crippen LogP contribution in [0.15, 0.2) is 72.8 Å². The normalized spacial score (nSPS) is 10.7. The number of hydrogen-bond donors (Lipinski definition) is 0. The van der Waals surface area contributed by atoms with Gasteiger partial charge in [0.1, 0.15) is 0 Å². The first-order valence-electron chi connectivity index (χ1n) is 9.84. The minimum Gasteiger partial charge on any atom is -0.204 e. The Kier molecular flexibility index (Phi) is 5.59. The molecule has 0 spiro atoms. The van der Waals surface area contributed by atoms with Crippen LogP contribution >= 0.6 is 0 Å². The number of halogens is 3.